The summed E-state index contributed by atoms with van der Waals surface area (Å²) in [7, 11) is 0. The highest BCUT2D eigenvalue weighted by atomic mass is 79.9. The molecule has 0 bridgehead atoms. The molecule has 0 atom stereocenters. The Balaban J connectivity index is 1.97. The highest BCUT2D eigenvalue weighted by Gasteiger charge is 2.30. The molecule has 28 heavy (non-hydrogen) atoms. The Morgan fingerprint density at radius 2 is 1.61 bits per heavy atom. The number of hydrogen-bond donors (Lipinski definition) is 0. The van der Waals surface area contributed by atoms with E-state index in [1.807, 2.05) is 42.5 Å². The van der Waals surface area contributed by atoms with Crippen molar-refractivity contribution in [3.05, 3.63) is 94.3 Å². The van der Waals surface area contributed by atoms with Crippen LogP contribution in [0.25, 0.3) is 22.3 Å². The van der Waals surface area contributed by atoms with Gasteiger partial charge < -0.3 is 4.42 Å². The molecule has 1 heterocycles. The first-order chi connectivity index (χ1) is 13.4. The minimum Gasteiger partial charge on any atom is -0.456 e. The molecule has 0 saturated carbocycles. The first-order valence-electron chi connectivity index (χ1n) is 8.41. The van der Waals surface area contributed by atoms with E-state index in [1.54, 1.807) is 18.2 Å². The SMILES string of the molecule is FC(F)(F)c1cccc(N=c2cc(-c3ccccc3)oc3ccc(Br)cc23)c1. The van der Waals surface area contributed by atoms with Gasteiger partial charge in [0.15, 0.2) is 0 Å². The smallest absolute Gasteiger partial charge is 0.416 e. The summed E-state index contributed by atoms with van der Waals surface area (Å²) in [5, 5.41) is 1.23. The molecular weight excluding hydrogens is 431 g/mol. The van der Waals surface area contributed by atoms with Crippen molar-refractivity contribution in [2.75, 3.05) is 0 Å². The highest BCUT2D eigenvalue weighted by Crippen LogP contribution is 2.31. The number of benzene rings is 3. The number of nitrogens with zero attached hydrogens (tertiary/aromatic N) is 1. The Hall–Kier alpha value is -2.86. The molecule has 0 fully saturated rings. The predicted molar refractivity (Wildman–Crippen MR) is 106 cm³/mol. The van der Waals surface area contributed by atoms with Crippen molar-refractivity contribution in [2.45, 2.75) is 6.18 Å². The molecule has 0 aliphatic rings. The second kappa shape index (κ2) is 7.28. The first kappa shape index (κ1) is 18.5. The van der Waals surface area contributed by atoms with Gasteiger partial charge in [0.1, 0.15) is 11.3 Å². The molecule has 0 spiro atoms. The maximum absolute atomic E-state index is 13.0. The Kier molecular flexibility index (Phi) is 4.81. The van der Waals surface area contributed by atoms with Crippen molar-refractivity contribution in [1.82, 2.24) is 0 Å². The van der Waals surface area contributed by atoms with Crippen molar-refractivity contribution in [1.29, 1.82) is 0 Å². The van der Waals surface area contributed by atoms with Crippen molar-refractivity contribution in [2.24, 2.45) is 4.99 Å². The molecule has 0 unspecified atom stereocenters. The lowest BCUT2D eigenvalue weighted by Gasteiger charge is -2.07. The summed E-state index contributed by atoms with van der Waals surface area (Å²) >= 11 is 3.42. The summed E-state index contributed by atoms with van der Waals surface area (Å²) in [5.74, 6) is 0.584. The predicted octanol–water partition coefficient (Wildman–Crippen LogP) is 7.11. The van der Waals surface area contributed by atoms with E-state index in [1.165, 1.54) is 6.07 Å². The van der Waals surface area contributed by atoms with E-state index in [-0.39, 0.29) is 5.69 Å². The summed E-state index contributed by atoms with van der Waals surface area (Å²) in [5.41, 5.74) is 0.938. The second-order valence-electron chi connectivity index (χ2n) is 6.16. The lowest BCUT2D eigenvalue weighted by molar-refractivity contribution is -0.137. The molecule has 3 aromatic carbocycles. The van der Waals surface area contributed by atoms with Crippen LogP contribution in [0.15, 0.2) is 92.7 Å². The van der Waals surface area contributed by atoms with E-state index in [9.17, 15) is 13.2 Å². The number of halogens is 4. The van der Waals surface area contributed by atoms with E-state index in [2.05, 4.69) is 20.9 Å². The summed E-state index contributed by atoms with van der Waals surface area (Å²) in [6.07, 6.45) is -4.42. The average molecular weight is 444 g/mol. The van der Waals surface area contributed by atoms with Gasteiger partial charge in [-0.3, -0.25) is 0 Å². The van der Waals surface area contributed by atoms with Crippen LogP contribution in [0.3, 0.4) is 0 Å². The molecule has 0 aliphatic carbocycles. The van der Waals surface area contributed by atoms with E-state index in [0.717, 1.165) is 22.2 Å². The van der Waals surface area contributed by atoms with Gasteiger partial charge in [0.2, 0.25) is 0 Å². The molecule has 0 radical (unpaired) electrons. The Labute approximate surface area is 167 Å². The number of hydrogen-bond acceptors (Lipinski definition) is 2. The van der Waals surface area contributed by atoms with Gasteiger partial charge in [-0.05, 0) is 36.4 Å². The van der Waals surface area contributed by atoms with Crippen LogP contribution in [-0.2, 0) is 6.18 Å². The van der Waals surface area contributed by atoms with Crippen molar-refractivity contribution in [3.8, 4) is 11.3 Å². The normalized spacial score (nSPS) is 12.5. The monoisotopic (exact) mass is 443 g/mol. The van der Waals surface area contributed by atoms with Crippen LogP contribution < -0.4 is 5.36 Å². The molecule has 0 amide bonds. The molecular formula is C22H13BrF3NO. The third-order valence-corrected chi connectivity index (χ3v) is 4.68. The van der Waals surface area contributed by atoms with Crippen LogP contribution in [-0.4, -0.2) is 0 Å². The number of rotatable bonds is 2. The maximum atomic E-state index is 13.0. The van der Waals surface area contributed by atoms with Gasteiger partial charge >= 0.3 is 6.18 Å². The second-order valence-corrected chi connectivity index (χ2v) is 7.08. The van der Waals surface area contributed by atoms with Gasteiger partial charge in [-0.15, -0.1) is 0 Å². The van der Waals surface area contributed by atoms with Crippen molar-refractivity contribution in [3.63, 3.8) is 0 Å². The minimum absolute atomic E-state index is 0.223. The van der Waals surface area contributed by atoms with Crippen LogP contribution >= 0.6 is 15.9 Å². The summed E-state index contributed by atoms with van der Waals surface area (Å²) in [6, 6.07) is 21.7. The van der Waals surface area contributed by atoms with E-state index in [4.69, 9.17) is 4.42 Å². The van der Waals surface area contributed by atoms with E-state index in [0.29, 0.717) is 22.1 Å². The quantitative estimate of drug-likeness (QED) is 0.324. The zero-order valence-electron chi connectivity index (χ0n) is 14.4. The largest absolute Gasteiger partial charge is 0.456 e. The maximum Gasteiger partial charge on any atom is 0.416 e. The number of alkyl halides is 3. The van der Waals surface area contributed by atoms with Crippen molar-refractivity contribution < 1.29 is 17.6 Å². The molecule has 6 heteroatoms. The highest BCUT2D eigenvalue weighted by molar-refractivity contribution is 9.10. The Morgan fingerprint density at radius 1 is 0.821 bits per heavy atom. The van der Waals surface area contributed by atoms with Gasteiger partial charge in [-0.25, -0.2) is 4.99 Å². The van der Waals surface area contributed by atoms with Crippen LogP contribution in [0, 0.1) is 0 Å². The van der Waals surface area contributed by atoms with E-state index < -0.39 is 11.7 Å². The van der Waals surface area contributed by atoms with Gasteiger partial charge in [-0.2, -0.15) is 13.2 Å². The third-order valence-electron chi connectivity index (χ3n) is 4.19. The standard InChI is InChI=1S/C22H13BrF3NO/c23-16-9-10-20-18(12-16)19(13-21(28-20)14-5-2-1-3-6-14)27-17-8-4-7-15(11-17)22(24,25)26/h1-13H. The molecule has 1 aromatic heterocycles. The first-order valence-corrected chi connectivity index (χ1v) is 9.20. The van der Waals surface area contributed by atoms with Gasteiger partial charge in [0.05, 0.1) is 16.6 Å². The molecule has 0 saturated heterocycles. The molecule has 140 valence electrons. The lowest BCUT2D eigenvalue weighted by Crippen LogP contribution is -2.05. The molecule has 4 rings (SSSR count). The third kappa shape index (κ3) is 3.87. The topological polar surface area (TPSA) is 25.5 Å². The molecule has 0 aliphatic heterocycles. The van der Waals surface area contributed by atoms with E-state index >= 15 is 0 Å². The summed E-state index contributed by atoms with van der Waals surface area (Å²) in [6.45, 7) is 0. The fraction of sp³-hybridized carbons (Fsp3) is 0.0455. The van der Waals surface area contributed by atoms with Crippen molar-refractivity contribution >= 4 is 32.6 Å². The zero-order valence-corrected chi connectivity index (χ0v) is 16.0. The zero-order chi connectivity index (χ0) is 19.7. The van der Waals surface area contributed by atoms with Gasteiger partial charge in [-0.1, -0.05) is 52.3 Å². The van der Waals surface area contributed by atoms with Crippen LogP contribution in [0.1, 0.15) is 5.56 Å². The fourth-order valence-electron chi connectivity index (χ4n) is 2.87. The lowest BCUT2D eigenvalue weighted by atomic mass is 10.1. The van der Waals surface area contributed by atoms with Gasteiger partial charge in [0, 0.05) is 21.5 Å². The average Bonchev–Trinajstić information content (AvgIpc) is 2.68. The summed E-state index contributed by atoms with van der Waals surface area (Å²) < 4.78 is 45.9. The Bertz CT molecular complexity index is 1210. The number of fused-ring (bicyclic) bond motifs is 1. The van der Waals surface area contributed by atoms with Crippen LogP contribution in [0.2, 0.25) is 0 Å². The minimum atomic E-state index is -4.42. The molecule has 4 aromatic rings. The molecule has 0 N–H and O–H groups in total. The van der Waals surface area contributed by atoms with Crippen LogP contribution in [0.5, 0.6) is 0 Å². The Morgan fingerprint density at radius 3 is 2.36 bits per heavy atom. The van der Waals surface area contributed by atoms with Gasteiger partial charge in [0.25, 0.3) is 0 Å². The summed E-state index contributed by atoms with van der Waals surface area (Å²) in [4.78, 5) is 4.49. The molecule has 2 nitrogen and oxygen atoms in total. The fourth-order valence-corrected chi connectivity index (χ4v) is 3.23. The van der Waals surface area contributed by atoms with Crippen LogP contribution in [0.4, 0.5) is 18.9 Å².